The number of hydrogen-bond donors (Lipinski definition) is 1. The van der Waals surface area contributed by atoms with Gasteiger partial charge in [0.2, 0.25) is 0 Å². The Bertz CT molecular complexity index is 590. The molecule has 0 saturated carbocycles. The van der Waals surface area contributed by atoms with Gasteiger partial charge in [-0.05, 0) is 24.6 Å². The largest absolute Gasteiger partial charge is 0.374 e. The molecular weight excluding hydrogens is 298 g/mol. The number of nitrogens with one attached hydrogen (secondary N) is 1. The summed E-state index contributed by atoms with van der Waals surface area (Å²) in [6.45, 7) is 6.94. The fraction of sp³-hybridized carbons (Fsp3) is 0.450. The highest BCUT2D eigenvalue weighted by molar-refractivity contribution is 5.14. The van der Waals surface area contributed by atoms with E-state index in [1.807, 2.05) is 18.3 Å². The molecule has 1 aliphatic rings. The molecule has 1 saturated heterocycles. The number of morpholine rings is 1. The molecule has 3 rings (SSSR count). The van der Waals surface area contributed by atoms with Gasteiger partial charge in [0.15, 0.2) is 0 Å². The second-order valence-electron chi connectivity index (χ2n) is 6.44. The molecule has 2 heterocycles. The van der Waals surface area contributed by atoms with E-state index < -0.39 is 0 Å². The van der Waals surface area contributed by atoms with Crippen LogP contribution in [0, 0.1) is 0 Å². The molecule has 1 aliphatic heterocycles. The van der Waals surface area contributed by atoms with Gasteiger partial charge in [0.05, 0.1) is 12.7 Å². The Balaban J connectivity index is 1.43. The lowest BCUT2D eigenvalue weighted by Gasteiger charge is -2.36. The highest BCUT2D eigenvalue weighted by Gasteiger charge is 2.25. The van der Waals surface area contributed by atoms with Gasteiger partial charge < -0.3 is 10.1 Å². The Labute approximate surface area is 144 Å². The molecule has 0 amide bonds. The van der Waals surface area contributed by atoms with E-state index >= 15 is 0 Å². The first-order valence-electron chi connectivity index (χ1n) is 8.82. The van der Waals surface area contributed by atoms with Gasteiger partial charge in [-0.25, -0.2) is 0 Å². The summed E-state index contributed by atoms with van der Waals surface area (Å²) in [6.07, 6.45) is 3.04. The van der Waals surface area contributed by atoms with Crippen molar-refractivity contribution >= 4 is 0 Å². The van der Waals surface area contributed by atoms with Crippen molar-refractivity contribution in [3.63, 3.8) is 0 Å². The van der Waals surface area contributed by atoms with Crippen LogP contribution in [0.1, 0.15) is 18.2 Å². The van der Waals surface area contributed by atoms with Crippen LogP contribution in [0.4, 0.5) is 0 Å². The molecule has 0 aliphatic carbocycles. The van der Waals surface area contributed by atoms with Gasteiger partial charge in [0.1, 0.15) is 0 Å². The zero-order valence-corrected chi connectivity index (χ0v) is 14.4. The van der Waals surface area contributed by atoms with Crippen molar-refractivity contribution in [3.05, 3.63) is 66.0 Å². The lowest BCUT2D eigenvalue weighted by molar-refractivity contribution is -0.0459. The van der Waals surface area contributed by atoms with Gasteiger partial charge in [-0.15, -0.1) is 0 Å². The first-order chi connectivity index (χ1) is 11.8. The number of ether oxygens (including phenoxy) is 1. The quantitative estimate of drug-likeness (QED) is 0.849. The molecule has 4 nitrogen and oxygen atoms in total. The third-order valence-corrected chi connectivity index (χ3v) is 4.56. The SMILES string of the molecule is C[C@H](NCCc1ccccn1)[C@@H]1CN(Cc2ccccc2)CCO1. The normalized spacial score (nSPS) is 20.0. The standard InChI is InChI=1S/C20H27N3O/c1-17(21-12-10-19-9-5-6-11-22-19)20-16-23(13-14-24-20)15-18-7-3-2-4-8-18/h2-9,11,17,20-21H,10,12-16H2,1H3/t17-,20-/m0/s1. The van der Waals surface area contributed by atoms with E-state index in [1.54, 1.807) is 0 Å². The Hall–Kier alpha value is -1.75. The van der Waals surface area contributed by atoms with Crippen LogP contribution in [0.15, 0.2) is 54.7 Å². The third-order valence-electron chi connectivity index (χ3n) is 4.56. The second kappa shape index (κ2) is 8.92. The number of pyridine rings is 1. The molecule has 0 spiro atoms. The van der Waals surface area contributed by atoms with Crippen molar-refractivity contribution in [2.75, 3.05) is 26.2 Å². The molecule has 128 valence electrons. The molecule has 0 radical (unpaired) electrons. The van der Waals surface area contributed by atoms with E-state index in [0.29, 0.717) is 6.04 Å². The van der Waals surface area contributed by atoms with Gasteiger partial charge in [-0.2, -0.15) is 0 Å². The summed E-state index contributed by atoms with van der Waals surface area (Å²) >= 11 is 0. The van der Waals surface area contributed by atoms with Crippen molar-refractivity contribution in [2.24, 2.45) is 0 Å². The van der Waals surface area contributed by atoms with Crippen molar-refractivity contribution in [1.29, 1.82) is 0 Å². The van der Waals surface area contributed by atoms with Crippen LogP contribution in [-0.2, 0) is 17.7 Å². The molecule has 1 N–H and O–H groups in total. The monoisotopic (exact) mass is 325 g/mol. The average molecular weight is 325 g/mol. The minimum atomic E-state index is 0.242. The van der Waals surface area contributed by atoms with Crippen molar-refractivity contribution in [3.8, 4) is 0 Å². The molecule has 2 atom stereocenters. The smallest absolute Gasteiger partial charge is 0.0852 e. The Morgan fingerprint density at radius 1 is 1.21 bits per heavy atom. The Kier molecular flexibility index (Phi) is 6.35. The van der Waals surface area contributed by atoms with Crippen molar-refractivity contribution in [2.45, 2.75) is 32.0 Å². The number of aromatic nitrogens is 1. The van der Waals surface area contributed by atoms with Crippen LogP contribution in [0.5, 0.6) is 0 Å². The van der Waals surface area contributed by atoms with Gasteiger partial charge in [0.25, 0.3) is 0 Å². The summed E-state index contributed by atoms with van der Waals surface area (Å²) in [7, 11) is 0. The maximum absolute atomic E-state index is 5.99. The molecular formula is C20H27N3O. The summed E-state index contributed by atoms with van der Waals surface area (Å²) in [6, 6.07) is 17.1. The molecule has 1 fully saturated rings. The van der Waals surface area contributed by atoms with E-state index in [2.05, 4.69) is 58.5 Å². The fourth-order valence-corrected chi connectivity index (χ4v) is 3.12. The minimum absolute atomic E-state index is 0.242. The fourth-order valence-electron chi connectivity index (χ4n) is 3.12. The Morgan fingerprint density at radius 2 is 2.04 bits per heavy atom. The average Bonchev–Trinajstić information content (AvgIpc) is 2.64. The van der Waals surface area contributed by atoms with E-state index in [0.717, 1.165) is 44.9 Å². The lowest BCUT2D eigenvalue weighted by atomic mass is 10.1. The van der Waals surface area contributed by atoms with Gasteiger partial charge in [-0.3, -0.25) is 9.88 Å². The number of hydrogen-bond acceptors (Lipinski definition) is 4. The van der Waals surface area contributed by atoms with Crippen LogP contribution in [0.3, 0.4) is 0 Å². The van der Waals surface area contributed by atoms with Crippen LogP contribution < -0.4 is 5.32 Å². The third kappa shape index (κ3) is 5.13. The summed E-state index contributed by atoms with van der Waals surface area (Å²) < 4.78 is 5.99. The van der Waals surface area contributed by atoms with Gasteiger partial charge in [0, 0.05) is 50.5 Å². The first-order valence-corrected chi connectivity index (χ1v) is 8.82. The highest BCUT2D eigenvalue weighted by atomic mass is 16.5. The van der Waals surface area contributed by atoms with Crippen LogP contribution >= 0.6 is 0 Å². The summed E-state index contributed by atoms with van der Waals surface area (Å²) in [5.74, 6) is 0. The second-order valence-corrected chi connectivity index (χ2v) is 6.44. The maximum Gasteiger partial charge on any atom is 0.0852 e. The predicted octanol–water partition coefficient (Wildman–Crippen LogP) is 2.50. The number of nitrogens with zero attached hydrogens (tertiary/aromatic N) is 2. The van der Waals surface area contributed by atoms with E-state index in [-0.39, 0.29) is 6.10 Å². The van der Waals surface area contributed by atoms with E-state index in [1.165, 1.54) is 5.56 Å². The number of rotatable bonds is 7. The molecule has 2 aromatic rings. The number of benzene rings is 1. The van der Waals surface area contributed by atoms with Crippen LogP contribution in [0.25, 0.3) is 0 Å². The van der Waals surface area contributed by atoms with E-state index in [9.17, 15) is 0 Å². The van der Waals surface area contributed by atoms with Gasteiger partial charge in [-0.1, -0.05) is 36.4 Å². The Morgan fingerprint density at radius 3 is 2.83 bits per heavy atom. The zero-order chi connectivity index (χ0) is 16.6. The van der Waals surface area contributed by atoms with E-state index in [4.69, 9.17) is 4.74 Å². The van der Waals surface area contributed by atoms with Crippen molar-refractivity contribution < 1.29 is 4.74 Å². The summed E-state index contributed by atoms with van der Waals surface area (Å²) in [4.78, 5) is 6.85. The summed E-state index contributed by atoms with van der Waals surface area (Å²) in [5, 5.41) is 3.59. The molecule has 1 aromatic heterocycles. The minimum Gasteiger partial charge on any atom is -0.374 e. The first kappa shape index (κ1) is 17.1. The zero-order valence-electron chi connectivity index (χ0n) is 14.4. The predicted molar refractivity (Wildman–Crippen MR) is 96.9 cm³/mol. The molecule has 4 heteroatoms. The topological polar surface area (TPSA) is 37.4 Å². The van der Waals surface area contributed by atoms with Gasteiger partial charge >= 0.3 is 0 Å². The molecule has 24 heavy (non-hydrogen) atoms. The lowest BCUT2D eigenvalue weighted by Crippen LogP contribution is -2.51. The molecule has 0 bridgehead atoms. The van der Waals surface area contributed by atoms with Crippen LogP contribution in [-0.4, -0.2) is 48.3 Å². The van der Waals surface area contributed by atoms with Crippen LogP contribution in [0.2, 0.25) is 0 Å². The molecule has 0 unspecified atom stereocenters. The summed E-state index contributed by atoms with van der Waals surface area (Å²) in [5.41, 5.74) is 2.50. The molecule has 1 aromatic carbocycles. The maximum atomic E-state index is 5.99. The van der Waals surface area contributed by atoms with Crippen molar-refractivity contribution in [1.82, 2.24) is 15.2 Å². The highest BCUT2D eigenvalue weighted by Crippen LogP contribution is 2.12.